The molecule has 2 aromatic rings. The third kappa shape index (κ3) is 3.39. The molecule has 20 heavy (non-hydrogen) atoms. The number of nitrogens with zero attached hydrogens (tertiary/aromatic N) is 3. The number of benzene rings is 1. The predicted molar refractivity (Wildman–Crippen MR) is 70.2 cm³/mol. The first kappa shape index (κ1) is 13.7. The molecule has 1 unspecified atom stereocenters. The largest absolute Gasteiger partial charge is 0.508 e. The second-order valence-corrected chi connectivity index (χ2v) is 4.01. The molecule has 8 heteroatoms. The average molecular weight is 276 g/mol. The summed E-state index contributed by atoms with van der Waals surface area (Å²) in [7, 11) is 0. The van der Waals surface area contributed by atoms with Gasteiger partial charge in [0.15, 0.2) is 0 Å². The highest BCUT2D eigenvalue weighted by Crippen LogP contribution is 2.17. The Hall–Kier alpha value is -2.74. The summed E-state index contributed by atoms with van der Waals surface area (Å²) in [6, 6.07) is 6.14. The third-order valence-electron chi connectivity index (χ3n) is 2.58. The van der Waals surface area contributed by atoms with Crippen LogP contribution in [-0.2, 0) is 0 Å². The van der Waals surface area contributed by atoms with Gasteiger partial charge in [-0.25, -0.2) is 9.97 Å². The van der Waals surface area contributed by atoms with Crippen molar-refractivity contribution in [2.24, 2.45) is 0 Å². The molecule has 0 spiro atoms. The molecule has 1 aromatic heterocycles. The van der Waals surface area contributed by atoms with E-state index in [1.807, 2.05) is 0 Å². The Balaban J connectivity index is 1.94. The number of aliphatic hydroxyl groups excluding tert-OH is 1. The summed E-state index contributed by atoms with van der Waals surface area (Å²) in [5, 5.41) is 32.3. The van der Waals surface area contributed by atoms with Crippen molar-refractivity contribution in [1.82, 2.24) is 9.97 Å². The maximum atomic E-state index is 10.4. The second-order valence-electron chi connectivity index (χ2n) is 4.01. The van der Waals surface area contributed by atoms with Gasteiger partial charge in [0.25, 0.3) is 0 Å². The van der Waals surface area contributed by atoms with Crippen LogP contribution in [0.4, 0.5) is 11.6 Å². The fraction of sp³-hybridized carbons (Fsp3) is 0.167. The van der Waals surface area contributed by atoms with Gasteiger partial charge in [-0.2, -0.15) is 0 Å². The quantitative estimate of drug-likeness (QED) is 0.554. The minimum Gasteiger partial charge on any atom is -0.508 e. The van der Waals surface area contributed by atoms with Crippen LogP contribution in [0.5, 0.6) is 5.75 Å². The highest BCUT2D eigenvalue weighted by atomic mass is 16.6. The van der Waals surface area contributed by atoms with Crippen LogP contribution in [0.2, 0.25) is 0 Å². The van der Waals surface area contributed by atoms with Crippen molar-refractivity contribution in [1.29, 1.82) is 0 Å². The highest BCUT2D eigenvalue weighted by molar-refractivity contribution is 5.32. The van der Waals surface area contributed by atoms with Gasteiger partial charge in [0.05, 0.1) is 11.0 Å². The second kappa shape index (κ2) is 5.93. The predicted octanol–water partition coefficient (Wildman–Crippen LogP) is 1.24. The van der Waals surface area contributed by atoms with Crippen LogP contribution in [0.25, 0.3) is 0 Å². The Morgan fingerprint density at radius 1 is 1.25 bits per heavy atom. The van der Waals surface area contributed by atoms with E-state index < -0.39 is 11.0 Å². The van der Waals surface area contributed by atoms with Crippen molar-refractivity contribution in [3.05, 3.63) is 52.3 Å². The van der Waals surface area contributed by atoms with Gasteiger partial charge in [-0.3, -0.25) is 10.1 Å². The lowest BCUT2D eigenvalue weighted by Crippen LogP contribution is -2.13. The Morgan fingerprint density at radius 2 is 1.85 bits per heavy atom. The zero-order valence-corrected chi connectivity index (χ0v) is 10.3. The van der Waals surface area contributed by atoms with Crippen LogP contribution < -0.4 is 5.32 Å². The van der Waals surface area contributed by atoms with Crippen molar-refractivity contribution in [3.63, 3.8) is 0 Å². The van der Waals surface area contributed by atoms with E-state index in [-0.39, 0.29) is 23.9 Å². The van der Waals surface area contributed by atoms with Gasteiger partial charge in [-0.15, -0.1) is 0 Å². The molecule has 104 valence electrons. The van der Waals surface area contributed by atoms with Crippen LogP contribution in [0.3, 0.4) is 0 Å². The summed E-state index contributed by atoms with van der Waals surface area (Å²) < 4.78 is 0. The summed E-state index contributed by atoms with van der Waals surface area (Å²) >= 11 is 0. The van der Waals surface area contributed by atoms with Gasteiger partial charge >= 0.3 is 5.69 Å². The molecule has 0 aliphatic heterocycles. The van der Waals surface area contributed by atoms with Crippen LogP contribution in [0, 0.1) is 10.1 Å². The minimum atomic E-state index is -0.811. The first-order chi connectivity index (χ1) is 9.56. The number of aromatic nitrogens is 2. The van der Waals surface area contributed by atoms with E-state index in [1.54, 1.807) is 12.1 Å². The summed E-state index contributed by atoms with van der Waals surface area (Å²) in [6.45, 7) is 0.141. The molecule has 1 atom stereocenters. The fourth-order valence-electron chi connectivity index (χ4n) is 1.51. The van der Waals surface area contributed by atoms with Crippen molar-refractivity contribution in [2.45, 2.75) is 6.10 Å². The third-order valence-corrected chi connectivity index (χ3v) is 2.58. The van der Waals surface area contributed by atoms with Crippen molar-refractivity contribution in [3.8, 4) is 5.75 Å². The lowest BCUT2D eigenvalue weighted by atomic mass is 10.1. The normalized spacial score (nSPS) is 11.8. The lowest BCUT2D eigenvalue weighted by Gasteiger charge is -2.11. The number of aliphatic hydroxyl groups is 1. The van der Waals surface area contributed by atoms with Crippen molar-refractivity contribution >= 4 is 11.6 Å². The Morgan fingerprint density at radius 3 is 2.40 bits per heavy atom. The summed E-state index contributed by atoms with van der Waals surface area (Å²) in [4.78, 5) is 17.4. The molecular weight excluding hydrogens is 264 g/mol. The lowest BCUT2D eigenvalue weighted by molar-refractivity contribution is -0.385. The Kier molecular flexibility index (Phi) is 4.06. The average Bonchev–Trinajstić information content (AvgIpc) is 2.46. The van der Waals surface area contributed by atoms with Crippen molar-refractivity contribution in [2.75, 3.05) is 11.9 Å². The van der Waals surface area contributed by atoms with Gasteiger partial charge in [-0.1, -0.05) is 12.1 Å². The molecule has 0 aliphatic rings. The molecule has 8 nitrogen and oxygen atoms in total. The zero-order chi connectivity index (χ0) is 14.5. The smallest absolute Gasteiger partial charge is 0.305 e. The van der Waals surface area contributed by atoms with Crippen LogP contribution in [-0.4, -0.2) is 31.6 Å². The van der Waals surface area contributed by atoms with Gasteiger partial charge in [0, 0.05) is 6.54 Å². The number of anilines is 1. The molecule has 2 rings (SSSR count). The number of aromatic hydroxyl groups is 1. The number of nitro groups is 1. The monoisotopic (exact) mass is 276 g/mol. The number of hydrogen-bond donors (Lipinski definition) is 3. The molecule has 1 heterocycles. The fourth-order valence-corrected chi connectivity index (χ4v) is 1.51. The molecular formula is C12H12N4O4. The van der Waals surface area contributed by atoms with Gasteiger partial charge in [0.2, 0.25) is 5.95 Å². The maximum absolute atomic E-state index is 10.4. The summed E-state index contributed by atoms with van der Waals surface area (Å²) in [5.41, 5.74) is 0.423. The van der Waals surface area contributed by atoms with E-state index in [0.29, 0.717) is 5.56 Å². The van der Waals surface area contributed by atoms with Gasteiger partial charge in [0.1, 0.15) is 18.1 Å². The molecule has 0 bridgehead atoms. The SMILES string of the molecule is O=[N+]([O-])c1cnc(NCC(O)c2ccc(O)cc2)nc1. The molecule has 0 aliphatic carbocycles. The van der Waals surface area contributed by atoms with E-state index in [1.165, 1.54) is 12.1 Å². The number of phenolic OH excluding ortho intramolecular Hbond substituents is 1. The van der Waals surface area contributed by atoms with Crippen LogP contribution in [0.1, 0.15) is 11.7 Å². The minimum absolute atomic E-state index is 0.118. The molecule has 1 aromatic carbocycles. The molecule has 0 saturated carbocycles. The first-order valence-electron chi connectivity index (χ1n) is 5.73. The van der Waals surface area contributed by atoms with E-state index in [2.05, 4.69) is 15.3 Å². The standard InChI is InChI=1S/C12H12N4O4/c17-10-3-1-8(2-4-10)11(18)7-15-12-13-5-9(6-14-12)16(19)20/h1-6,11,17-18H,7H2,(H,13,14,15). The molecule has 0 radical (unpaired) electrons. The van der Waals surface area contributed by atoms with Crippen LogP contribution >= 0.6 is 0 Å². The van der Waals surface area contributed by atoms with Crippen molar-refractivity contribution < 1.29 is 15.1 Å². The summed E-state index contributed by atoms with van der Waals surface area (Å²) in [5.74, 6) is 0.307. The Labute approximate surface area is 113 Å². The number of hydrogen-bond acceptors (Lipinski definition) is 7. The molecule has 0 fully saturated rings. The highest BCUT2D eigenvalue weighted by Gasteiger charge is 2.10. The van der Waals surface area contributed by atoms with E-state index in [0.717, 1.165) is 12.4 Å². The molecule has 3 N–H and O–H groups in total. The van der Waals surface area contributed by atoms with Crippen LogP contribution in [0.15, 0.2) is 36.7 Å². The molecule has 0 amide bonds. The first-order valence-corrected chi connectivity index (χ1v) is 5.73. The van der Waals surface area contributed by atoms with E-state index >= 15 is 0 Å². The van der Waals surface area contributed by atoms with Gasteiger partial charge in [-0.05, 0) is 17.7 Å². The maximum Gasteiger partial charge on any atom is 0.305 e. The van der Waals surface area contributed by atoms with Gasteiger partial charge < -0.3 is 15.5 Å². The molecule has 0 saturated heterocycles. The zero-order valence-electron chi connectivity index (χ0n) is 10.3. The number of phenols is 1. The topological polar surface area (TPSA) is 121 Å². The van der Waals surface area contributed by atoms with E-state index in [9.17, 15) is 15.2 Å². The Bertz CT molecular complexity index is 585. The van der Waals surface area contributed by atoms with E-state index in [4.69, 9.17) is 5.11 Å². The number of rotatable bonds is 5. The summed E-state index contributed by atoms with van der Waals surface area (Å²) in [6.07, 6.45) is 1.36. The number of nitrogens with one attached hydrogen (secondary N) is 1.